The van der Waals surface area contributed by atoms with Crippen LogP contribution < -0.4 is 5.32 Å². The molecule has 2 rings (SSSR count). The molecule has 0 spiro atoms. The Labute approximate surface area is 122 Å². The lowest BCUT2D eigenvalue weighted by molar-refractivity contribution is 0.550. The van der Waals surface area contributed by atoms with Crippen LogP contribution in [0.25, 0.3) is 0 Å². The summed E-state index contributed by atoms with van der Waals surface area (Å²) in [6, 6.07) is 8.64. The van der Waals surface area contributed by atoms with Gasteiger partial charge >= 0.3 is 0 Å². The van der Waals surface area contributed by atoms with Crippen LogP contribution in [0.4, 0.5) is 0 Å². The quantitative estimate of drug-likeness (QED) is 0.873. The van der Waals surface area contributed by atoms with E-state index in [-0.39, 0.29) is 0 Å². The minimum Gasteiger partial charge on any atom is -0.330 e. The van der Waals surface area contributed by atoms with Gasteiger partial charge in [0, 0.05) is 18.8 Å². The monoisotopic (exact) mass is 271 g/mol. The molecule has 0 saturated carbocycles. The van der Waals surface area contributed by atoms with Gasteiger partial charge in [0.25, 0.3) is 0 Å². The number of imidazole rings is 1. The van der Waals surface area contributed by atoms with Gasteiger partial charge in [-0.25, -0.2) is 4.98 Å². The summed E-state index contributed by atoms with van der Waals surface area (Å²) in [5.74, 6) is 0.681. The number of benzene rings is 1. The Balaban J connectivity index is 2.09. The molecule has 108 valence electrons. The van der Waals surface area contributed by atoms with Crippen LogP contribution in [-0.2, 0) is 13.1 Å². The van der Waals surface area contributed by atoms with E-state index in [1.807, 2.05) is 6.33 Å². The van der Waals surface area contributed by atoms with E-state index in [0.29, 0.717) is 5.92 Å². The summed E-state index contributed by atoms with van der Waals surface area (Å²) in [6.45, 7) is 11.5. The Morgan fingerprint density at radius 1 is 1.15 bits per heavy atom. The van der Waals surface area contributed by atoms with Crippen molar-refractivity contribution in [1.29, 1.82) is 0 Å². The topological polar surface area (TPSA) is 29.9 Å². The summed E-state index contributed by atoms with van der Waals surface area (Å²) in [7, 11) is 0. The highest BCUT2D eigenvalue weighted by molar-refractivity contribution is 5.28. The second kappa shape index (κ2) is 6.71. The number of nitrogens with one attached hydrogen (secondary N) is 1. The summed E-state index contributed by atoms with van der Waals surface area (Å²) in [5.41, 5.74) is 5.10. The molecule has 3 heteroatoms. The molecule has 3 nitrogen and oxygen atoms in total. The predicted octanol–water partition coefficient (Wildman–Crippen LogP) is 3.29. The van der Waals surface area contributed by atoms with Crippen molar-refractivity contribution < 1.29 is 0 Å². The molecule has 1 aromatic carbocycles. The van der Waals surface area contributed by atoms with E-state index in [1.54, 1.807) is 0 Å². The fraction of sp³-hybridized carbons (Fsp3) is 0.471. The SMILES string of the molecule is Cc1ncn(Cc2ccccc2CNCC(C)C)c1C. The maximum atomic E-state index is 4.37. The standard InChI is InChI=1S/C17H25N3/c1-13(2)9-18-10-16-7-5-6-8-17(16)11-20-12-19-14(3)15(20)4/h5-8,12-13,18H,9-11H2,1-4H3. The van der Waals surface area contributed by atoms with Crippen LogP contribution in [-0.4, -0.2) is 16.1 Å². The fourth-order valence-corrected chi connectivity index (χ4v) is 2.27. The van der Waals surface area contributed by atoms with Gasteiger partial charge in [0.15, 0.2) is 0 Å². The zero-order valence-corrected chi connectivity index (χ0v) is 13.0. The molecular formula is C17H25N3. The van der Waals surface area contributed by atoms with Crippen molar-refractivity contribution in [2.24, 2.45) is 5.92 Å². The molecule has 0 bridgehead atoms. The van der Waals surface area contributed by atoms with Crippen molar-refractivity contribution in [2.75, 3.05) is 6.54 Å². The molecule has 0 amide bonds. The molecule has 0 radical (unpaired) electrons. The van der Waals surface area contributed by atoms with Crippen LogP contribution in [0.15, 0.2) is 30.6 Å². The molecule has 0 atom stereocenters. The Bertz CT molecular complexity index is 555. The van der Waals surface area contributed by atoms with Gasteiger partial charge in [-0.05, 0) is 37.4 Å². The Morgan fingerprint density at radius 2 is 1.85 bits per heavy atom. The third-order valence-corrected chi connectivity index (χ3v) is 3.67. The number of aryl methyl sites for hydroxylation is 1. The van der Waals surface area contributed by atoms with Crippen molar-refractivity contribution in [2.45, 2.75) is 40.8 Å². The Morgan fingerprint density at radius 3 is 2.45 bits per heavy atom. The van der Waals surface area contributed by atoms with Crippen molar-refractivity contribution in [3.63, 3.8) is 0 Å². The first-order valence-electron chi connectivity index (χ1n) is 7.33. The van der Waals surface area contributed by atoms with E-state index in [2.05, 4.69) is 66.8 Å². The van der Waals surface area contributed by atoms with Crippen LogP contribution in [0.3, 0.4) is 0 Å². The molecule has 0 aliphatic heterocycles. The van der Waals surface area contributed by atoms with Gasteiger partial charge in [-0.2, -0.15) is 0 Å². The molecule has 2 aromatic rings. The second-order valence-electron chi connectivity index (χ2n) is 5.84. The number of hydrogen-bond donors (Lipinski definition) is 1. The highest BCUT2D eigenvalue weighted by Gasteiger charge is 2.06. The summed E-state index contributed by atoms with van der Waals surface area (Å²) < 4.78 is 2.22. The van der Waals surface area contributed by atoms with Crippen LogP contribution >= 0.6 is 0 Å². The van der Waals surface area contributed by atoms with Crippen LogP contribution in [0.5, 0.6) is 0 Å². The van der Waals surface area contributed by atoms with Crippen molar-refractivity contribution in [1.82, 2.24) is 14.9 Å². The molecule has 1 aromatic heterocycles. The minimum atomic E-state index is 0.681. The first-order chi connectivity index (χ1) is 9.58. The van der Waals surface area contributed by atoms with Gasteiger partial charge in [0.2, 0.25) is 0 Å². The van der Waals surface area contributed by atoms with E-state index in [0.717, 1.165) is 25.3 Å². The molecule has 0 unspecified atom stereocenters. The van der Waals surface area contributed by atoms with Gasteiger partial charge in [-0.15, -0.1) is 0 Å². The number of rotatable bonds is 6. The summed E-state index contributed by atoms with van der Waals surface area (Å²) in [4.78, 5) is 4.37. The van der Waals surface area contributed by atoms with Gasteiger partial charge in [0.05, 0.1) is 12.0 Å². The van der Waals surface area contributed by atoms with E-state index in [1.165, 1.54) is 16.8 Å². The first kappa shape index (κ1) is 14.8. The summed E-state index contributed by atoms with van der Waals surface area (Å²) in [5, 5.41) is 3.52. The Kier molecular flexibility index (Phi) is 4.96. The van der Waals surface area contributed by atoms with E-state index >= 15 is 0 Å². The third kappa shape index (κ3) is 3.70. The third-order valence-electron chi connectivity index (χ3n) is 3.67. The number of nitrogens with zero attached hydrogens (tertiary/aromatic N) is 2. The van der Waals surface area contributed by atoms with Crippen LogP contribution in [0.1, 0.15) is 36.4 Å². The number of aromatic nitrogens is 2. The average molecular weight is 271 g/mol. The lowest BCUT2D eigenvalue weighted by Crippen LogP contribution is -2.20. The normalized spacial score (nSPS) is 11.2. The molecule has 0 saturated heterocycles. The molecule has 0 aliphatic rings. The van der Waals surface area contributed by atoms with Gasteiger partial charge in [-0.1, -0.05) is 38.1 Å². The van der Waals surface area contributed by atoms with Crippen LogP contribution in [0.2, 0.25) is 0 Å². The van der Waals surface area contributed by atoms with E-state index < -0.39 is 0 Å². The van der Waals surface area contributed by atoms with E-state index in [4.69, 9.17) is 0 Å². The summed E-state index contributed by atoms with van der Waals surface area (Å²) in [6.07, 6.45) is 1.93. The molecule has 0 fully saturated rings. The van der Waals surface area contributed by atoms with Gasteiger partial charge in [0.1, 0.15) is 0 Å². The predicted molar refractivity (Wildman–Crippen MR) is 83.8 cm³/mol. The smallest absolute Gasteiger partial charge is 0.0954 e. The minimum absolute atomic E-state index is 0.681. The average Bonchev–Trinajstić information content (AvgIpc) is 2.72. The highest BCUT2D eigenvalue weighted by atomic mass is 15.0. The van der Waals surface area contributed by atoms with Gasteiger partial charge in [-0.3, -0.25) is 0 Å². The van der Waals surface area contributed by atoms with E-state index in [9.17, 15) is 0 Å². The molecule has 1 heterocycles. The largest absolute Gasteiger partial charge is 0.330 e. The molecule has 20 heavy (non-hydrogen) atoms. The van der Waals surface area contributed by atoms with Crippen LogP contribution in [0, 0.1) is 19.8 Å². The maximum Gasteiger partial charge on any atom is 0.0954 e. The zero-order valence-electron chi connectivity index (χ0n) is 13.0. The molecular weight excluding hydrogens is 246 g/mol. The second-order valence-corrected chi connectivity index (χ2v) is 5.84. The zero-order chi connectivity index (χ0) is 14.5. The first-order valence-corrected chi connectivity index (χ1v) is 7.33. The highest BCUT2D eigenvalue weighted by Crippen LogP contribution is 2.13. The van der Waals surface area contributed by atoms with Gasteiger partial charge < -0.3 is 9.88 Å². The van der Waals surface area contributed by atoms with Crippen molar-refractivity contribution in [3.8, 4) is 0 Å². The van der Waals surface area contributed by atoms with Crippen molar-refractivity contribution >= 4 is 0 Å². The molecule has 0 aliphatic carbocycles. The number of hydrogen-bond acceptors (Lipinski definition) is 2. The maximum absolute atomic E-state index is 4.37. The van der Waals surface area contributed by atoms with Crippen molar-refractivity contribution in [3.05, 3.63) is 53.1 Å². The fourth-order valence-electron chi connectivity index (χ4n) is 2.27. The molecule has 1 N–H and O–H groups in total. The lowest BCUT2D eigenvalue weighted by Gasteiger charge is -2.13. The lowest BCUT2D eigenvalue weighted by atomic mass is 10.1. The summed E-state index contributed by atoms with van der Waals surface area (Å²) >= 11 is 0. The Hall–Kier alpha value is -1.61.